The molecule has 6 nitrogen and oxygen atoms in total. The Balaban J connectivity index is 2.16. The molecular formula is C11H15N3O3. The maximum atomic E-state index is 11.9. The van der Waals surface area contributed by atoms with Gasteiger partial charge in [-0.2, -0.15) is 5.10 Å². The zero-order chi connectivity index (χ0) is 12.6. The van der Waals surface area contributed by atoms with E-state index in [2.05, 4.69) is 10.4 Å². The molecule has 1 fully saturated rings. The fraction of sp³-hybridized carbons (Fsp3) is 0.545. The predicted octanol–water partition coefficient (Wildman–Crippen LogP) is 0.500. The topological polar surface area (TPSA) is 84.2 Å². The van der Waals surface area contributed by atoms with Crippen molar-refractivity contribution in [3.05, 3.63) is 17.5 Å². The maximum absolute atomic E-state index is 11.9. The van der Waals surface area contributed by atoms with Gasteiger partial charge < -0.3 is 10.4 Å². The van der Waals surface area contributed by atoms with E-state index in [0.717, 1.165) is 18.5 Å². The van der Waals surface area contributed by atoms with Crippen LogP contribution in [-0.2, 0) is 11.8 Å². The highest BCUT2D eigenvalue weighted by atomic mass is 16.4. The van der Waals surface area contributed by atoms with Gasteiger partial charge >= 0.3 is 5.97 Å². The molecule has 0 saturated heterocycles. The van der Waals surface area contributed by atoms with Crippen molar-refractivity contribution in [3.63, 3.8) is 0 Å². The minimum atomic E-state index is -1.05. The lowest BCUT2D eigenvalue weighted by molar-refractivity contribution is -0.138. The number of carbonyl (C=O) groups excluding carboxylic acids is 1. The van der Waals surface area contributed by atoms with Gasteiger partial charge in [-0.1, -0.05) is 0 Å². The third-order valence-corrected chi connectivity index (χ3v) is 2.91. The van der Waals surface area contributed by atoms with Gasteiger partial charge in [-0.15, -0.1) is 0 Å². The van der Waals surface area contributed by atoms with Gasteiger partial charge in [0.05, 0.1) is 17.5 Å². The molecule has 2 N–H and O–H groups in total. The van der Waals surface area contributed by atoms with E-state index in [1.807, 2.05) is 0 Å². The minimum absolute atomic E-state index is 0.366. The third-order valence-electron chi connectivity index (χ3n) is 2.91. The van der Waals surface area contributed by atoms with E-state index in [1.165, 1.54) is 13.1 Å². The van der Waals surface area contributed by atoms with Gasteiger partial charge in [0.1, 0.15) is 6.04 Å². The van der Waals surface area contributed by atoms with Crippen LogP contribution in [0.25, 0.3) is 0 Å². The molecule has 1 aromatic rings. The number of hydrogen-bond acceptors (Lipinski definition) is 3. The van der Waals surface area contributed by atoms with E-state index in [-0.39, 0.29) is 5.91 Å². The number of amides is 1. The molecule has 17 heavy (non-hydrogen) atoms. The first kappa shape index (κ1) is 11.6. The number of aromatic nitrogens is 2. The lowest BCUT2D eigenvalue weighted by atomic mass is 10.1. The molecule has 2 rings (SSSR count). The zero-order valence-electron chi connectivity index (χ0n) is 9.80. The van der Waals surface area contributed by atoms with E-state index in [9.17, 15) is 9.59 Å². The lowest BCUT2D eigenvalue weighted by Gasteiger charge is -2.09. The van der Waals surface area contributed by atoms with Crippen molar-refractivity contribution in [2.75, 3.05) is 0 Å². The summed E-state index contributed by atoms with van der Waals surface area (Å²) < 4.78 is 1.69. The molecule has 1 saturated carbocycles. The zero-order valence-corrected chi connectivity index (χ0v) is 9.80. The fourth-order valence-corrected chi connectivity index (χ4v) is 1.80. The van der Waals surface area contributed by atoms with Crippen LogP contribution in [0.2, 0.25) is 0 Å². The molecule has 0 radical (unpaired) electrons. The number of nitrogens with zero attached hydrogens (tertiary/aromatic N) is 2. The van der Waals surface area contributed by atoms with Crippen LogP contribution < -0.4 is 5.32 Å². The molecule has 0 bridgehead atoms. The van der Waals surface area contributed by atoms with Crippen LogP contribution in [0.15, 0.2) is 6.20 Å². The quantitative estimate of drug-likeness (QED) is 0.798. The Morgan fingerprint density at radius 3 is 2.76 bits per heavy atom. The van der Waals surface area contributed by atoms with Crippen LogP contribution in [0.1, 0.15) is 41.7 Å². The molecule has 1 aliphatic rings. The standard InChI is InChI=1S/C11H15N3O3/c1-6(11(16)17)13-10(15)8-5-12-14(2)9(8)7-3-4-7/h5-7H,3-4H2,1-2H3,(H,13,15)(H,16,17)/t6-/m0/s1. The molecule has 1 heterocycles. The number of aryl methyl sites for hydroxylation is 1. The Bertz CT molecular complexity index is 463. The van der Waals surface area contributed by atoms with Gasteiger partial charge in [0.2, 0.25) is 0 Å². The number of carboxylic acids is 1. The van der Waals surface area contributed by atoms with Gasteiger partial charge in [-0.25, -0.2) is 0 Å². The normalized spacial score (nSPS) is 16.6. The Morgan fingerprint density at radius 1 is 1.59 bits per heavy atom. The summed E-state index contributed by atoms with van der Waals surface area (Å²) in [7, 11) is 1.80. The van der Waals surface area contributed by atoms with E-state index in [4.69, 9.17) is 5.11 Å². The van der Waals surface area contributed by atoms with Crippen molar-refractivity contribution in [1.29, 1.82) is 0 Å². The summed E-state index contributed by atoms with van der Waals surface area (Å²) in [6.45, 7) is 1.44. The SMILES string of the molecule is C[C@H](NC(=O)c1cnn(C)c1C1CC1)C(=O)O. The summed E-state index contributed by atoms with van der Waals surface area (Å²) >= 11 is 0. The number of rotatable bonds is 4. The number of aliphatic carboxylic acids is 1. The van der Waals surface area contributed by atoms with Crippen LogP contribution >= 0.6 is 0 Å². The van der Waals surface area contributed by atoms with E-state index in [0.29, 0.717) is 11.5 Å². The van der Waals surface area contributed by atoms with Gasteiger partial charge in [-0.05, 0) is 19.8 Å². The molecule has 1 aliphatic carbocycles. The highest BCUT2D eigenvalue weighted by Crippen LogP contribution is 2.41. The number of hydrogen-bond donors (Lipinski definition) is 2. The van der Waals surface area contributed by atoms with Gasteiger partial charge in [0.15, 0.2) is 0 Å². The largest absolute Gasteiger partial charge is 0.480 e. The van der Waals surface area contributed by atoms with Crippen LogP contribution in [0.5, 0.6) is 0 Å². The van der Waals surface area contributed by atoms with E-state index >= 15 is 0 Å². The van der Waals surface area contributed by atoms with E-state index < -0.39 is 12.0 Å². The highest BCUT2D eigenvalue weighted by Gasteiger charge is 2.32. The lowest BCUT2D eigenvalue weighted by Crippen LogP contribution is -2.38. The van der Waals surface area contributed by atoms with Crippen molar-refractivity contribution in [3.8, 4) is 0 Å². The van der Waals surface area contributed by atoms with Crippen molar-refractivity contribution < 1.29 is 14.7 Å². The van der Waals surface area contributed by atoms with Crippen molar-refractivity contribution >= 4 is 11.9 Å². The smallest absolute Gasteiger partial charge is 0.325 e. The summed E-state index contributed by atoms with van der Waals surface area (Å²) in [5, 5.41) is 15.2. The molecule has 6 heteroatoms. The Labute approximate surface area is 98.6 Å². The monoisotopic (exact) mass is 237 g/mol. The second kappa shape index (κ2) is 4.20. The average Bonchev–Trinajstić information content (AvgIpc) is 3.01. The summed E-state index contributed by atoms with van der Waals surface area (Å²) in [6.07, 6.45) is 3.63. The molecule has 92 valence electrons. The van der Waals surface area contributed by atoms with Crippen molar-refractivity contribution in [2.24, 2.45) is 7.05 Å². The third kappa shape index (κ3) is 2.30. The Hall–Kier alpha value is -1.85. The molecule has 0 aromatic carbocycles. The molecular weight excluding hydrogens is 222 g/mol. The second-order valence-electron chi connectivity index (χ2n) is 4.37. The first-order valence-corrected chi connectivity index (χ1v) is 5.56. The molecule has 0 unspecified atom stereocenters. The summed E-state index contributed by atoms with van der Waals surface area (Å²) in [6, 6.07) is -0.894. The molecule has 1 amide bonds. The Morgan fingerprint density at radius 2 is 2.24 bits per heavy atom. The summed E-state index contributed by atoms with van der Waals surface area (Å²) in [4.78, 5) is 22.6. The molecule has 1 atom stereocenters. The van der Waals surface area contributed by atoms with Crippen LogP contribution in [0.3, 0.4) is 0 Å². The predicted molar refractivity (Wildman–Crippen MR) is 59.7 cm³/mol. The van der Waals surface area contributed by atoms with Crippen LogP contribution in [0, 0.1) is 0 Å². The fourth-order valence-electron chi connectivity index (χ4n) is 1.80. The van der Waals surface area contributed by atoms with Gasteiger partial charge in [0, 0.05) is 13.0 Å². The highest BCUT2D eigenvalue weighted by molar-refractivity contribution is 5.97. The molecule has 0 spiro atoms. The number of nitrogens with one attached hydrogen (secondary N) is 1. The number of carbonyl (C=O) groups is 2. The van der Waals surface area contributed by atoms with Crippen molar-refractivity contribution in [1.82, 2.24) is 15.1 Å². The van der Waals surface area contributed by atoms with Gasteiger partial charge in [0.25, 0.3) is 5.91 Å². The Kier molecular flexibility index (Phi) is 2.87. The summed E-state index contributed by atoms with van der Waals surface area (Å²) in [5.74, 6) is -1.02. The first-order chi connectivity index (χ1) is 8.00. The minimum Gasteiger partial charge on any atom is -0.480 e. The van der Waals surface area contributed by atoms with Gasteiger partial charge in [-0.3, -0.25) is 14.3 Å². The average molecular weight is 237 g/mol. The maximum Gasteiger partial charge on any atom is 0.325 e. The molecule has 1 aromatic heterocycles. The first-order valence-electron chi connectivity index (χ1n) is 5.56. The van der Waals surface area contributed by atoms with Crippen LogP contribution in [-0.4, -0.2) is 32.8 Å². The van der Waals surface area contributed by atoms with E-state index in [1.54, 1.807) is 11.7 Å². The molecule has 0 aliphatic heterocycles. The van der Waals surface area contributed by atoms with Crippen molar-refractivity contribution in [2.45, 2.75) is 31.7 Å². The summed E-state index contributed by atoms with van der Waals surface area (Å²) in [5.41, 5.74) is 1.39. The number of carboxylic acid groups (broad SMARTS) is 1. The second-order valence-corrected chi connectivity index (χ2v) is 4.37. The van der Waals surface area contributed by atoms with Crippen LogP contribution in [0.4, 0.5) is 0 Å².